The van der Waals surface area contributed by atoms with E-state index in [9.17, 15) is 14.9 Å². The quantitative estimate of drug-likeness (QED) is 0.659. The summed E-state index contributed by atoms with van der Waals surface area (Å²) in [6.45, 7) is 12.7. The fourth-order valence-corrected chi connectivity index (χ4v) is 4.18. The van der Waals surface area contributed by atoms with Crippen LogP contribution in [-0.2, 0) is 9.59 Å². The molecule has 0 saturated carbocycles. The van der Waals surface area contributed by atoms with Gasteiger partial charge in [0.05, 0.1) is 17.3 Å². The number of amides is 2. The minimum Gasteiger partial charge on any atom is -0.368 e. The second-order valence-electron chi connectivity index (χ2n) is 9.45. The van der Waals surface area contributed by atoms with Crippen LogP contribution in [-0.4, -0.2) is 42.9 Å². The summed E-state index contributed by atoms with van der Waals surface area (Å²) in [6.07, 6.45) is 3.57. The van der Waals surface area contributed by atoms with Gasteiger partial charge in [-0.3, -0.25) is 14.5 Å². The van der Waals surface area contributed by atoms with Gasteiger partial charge in [-0.2, -0.15) is 5.26 Å². The van der Waals surface area contributed by atoms with Gasteiger partial charge in [-0.15, -0.1) is 0 Å². The Morgan fingerprint density at radius 3 is 2.43 bits per heavy atom. The van der Waals surface area contributed by atoms with Crippen LogP contribution in [0.2, 0.25) is 0 Å². The first-order chi connectivity index (χ1) is 16.8. The smallest absolute Gasteiger partial charge is 0.248 e. The molecule has 1 atom stereocenters. The Morgan fingerprint density at radius 2 is 1.77 bits per heavy atom. The zero-order valence-electron chi connectivity index (χ0n) is 21.3. The molecular weight excluding hydrogens is 438 g/mol. The summed E-state index contributed by atoms with van der Waals surface area (Å²) in [5, 5.41) is 15.6. The number of rotatable bonds is 3. The number of hydrogen-bond donors (Lipinski definition) is 2. The highest BCUT2D eigenvalue weighted by Gasteiger charge is 2.28. The van der Waals surface area contributed by atoms with E-state index in [1.165, 1.54) is 0 Å². The number of nitrogens with zero attached hydrogens (tertiary/aromatic N) is 3. The van der Waals surface area contributed by atoms with Crippen molar-refractivity contribution in [1.29, 1.82) is 5.26 Å². The van der Waals surface area contributed by atoms with E-state index in [-0.39, 0.29) is 17.9 Å². The van der Waals surface area contributed by atoms with Crippen molar-refractivity contribution in [3.05, 3.63) is 65.7 Å². The second-order valence-corrected chi connectivity index (χ2v) is 9.45. The van der Waals surface area contributed by atoms with Crippen LogP contribution in [0.5, 0.6) is 0 Å². The van der Waals surface area contributed by atoms with Crippen LogP contribution >= 0.6 is 0 Å². The van der Waals surface area contributed by atoms with E-state index < -0.39 is 5.41 Å². The van der Waals surface area contributed by atoms with Gasteiger partial charge in [-0.1, -0.05) is 58.9 Å². The summed E-state index contributed by atoms with van der Waals surface area (Å²) in [4.78, 5) is 28.9. The average Bonchev–Trinajstić information content (AvgIpc) is 3.03. The van der Waals surface area contributed by atoms with E-state index in [0.717, 1.165) is 43.1 Å². The van der Waals surface area contributed by atoms with Crippen LogP contribution < -0.4 is 15.5 Å². The minimum absolute atomic E-state index is 0.0210. The van der Waals surface area contributed by atoms with Gasteiger partial charge in [0.15, 0.2) is 0 Å². The number of carbonyl (C=O) groups excluding carboxylic acids is 2. The standard InChI is InChI=1S/C26H29N5O2.C2H6/c1-26(2,3)25(33)28-19-8-9-22(18(16-19)17-27)30-12-14-31(15-13-30)23-10-11-24(32)29-21-7-5-4-6-20(21)23;1-2/h4-11,16,23H,12-15H2,1-3H3,(H,28,33)(H,29,32);1-2H3. The molecule has 7 nitrogen and oxygen atoms in total. The maximum atomic E-state index is 12.3. The monoisotopic (exact) mass is 473 g/mol. The van der Waals surface area contributed by atoms with Crippen LogP contribution in [0, 0.1) is 16.7 Å². The molecule has 0 bridgehead atoms. The predicted octanol–water partition coefficient (Wildman–Crippen LogP) is 4.94. The van der Waals surface area contributed by atoms with Gasteiger partial charge in [0.1, 0.15) is 6.07 Å². The molecule has 184 valence electrons. The largest absolute Gasteiger partial charge is 0.368 e. The average molecular weight is 474 g/mol. The molecule has 2 aliphatic rings. The van der Waals surface area contributed by atoms with Crippen molar-refractivity contribution in [1.82, 2.24) is 4.90 Å². The summed E-state index contributed by atoms with van der Waals surface area (Å²) in [5.74, 6) is -0.196. The Morgan fingerprint density at radius 1 is 1.09 bits per heavy atom. The molecule has 1 saturated heterocycles. The van der Waals surface area contributed by atoms with Crippen molar-refractivity contribution in [2.45, 2.75) is 40.7 Å². The number of fused-ring (bicyclic) bond motifs is 1. The van der Waals surface area contributed by atoms with Gasteiger partial charge < -0.3 is 15.5 Å². The van der Waals surface area contributed by atoms with E-state index >= 15 is 0 Å². The molecule has 1 fully saturated rings. The molecule has 7 heteroatoms. The summed E-state index contributed by atoms with van der Waals surface area (Å²) in [5.41, 5.74) is 3.48. The normalized spacial score (nSPS) is 17.8. The molecule has 2 heterocycles. The second kappa shape index (κ2) is 11.2. The van der Waals surface area contributed by atoms with Crippen molar-refractivity contribution in [2.24, 2.45) is 5.41 Å². The first kappa shape index (κ1) is 26.0. The Labute approximate surface area is 208 Å². The zero-order chi connectivity index (χ0) is 25.6. The number of hydrogen-bond acceptors (Lipinski definition) is 5. The van der Waals surface area contributed by atoms with Crippen molar-refractivity contribution < 1.29 is 9.59 Å². The zero-order valence-corrected chi connectivity index (χ0v) is 21.3. The lowest BCUT2D eigenvalue weighted by Crippen LogP contribution is -2.47. The van der Waals surface area contributed by atoms with Crippen LogP contribution in [0.15, 0.2) is 54.6 Å². The van der Waals surface area contributed by atoms with Crippen molar-refractivity contribution in [2.75, 3.05) is 41.7 Å². The third kappa shape index (κ3) is 6.09. The molecule has 0 aromatic heterocycles. The topological polar surface area (TPSA) is 88.5 Å². The van der Waals surface area contributed by atoms with Gasteiger partial charge >= 0.3 is 0 Å². The maximum absolute atomic E-state index is 12.3. The Hall–Kier alpha value is -3.63. The van der Waals surface area contributed by atoms with Crippen LogP contribution in [0.3, 0.4) is 0 Å². The highest BCUT2D eigenvalue weighted by molar-refractivity contribution is 6.00. The molecular formula is C28H35N5O2. The predicted molar refractivity (Wildman–Crippen MR) is 141 cm³/mol. The van der Waals surface area contributed by atoms with E-state index in [0.29, 0.717) is 11.3 Å². The number of para-hydroxylation sites is 1. The first-order valence-electron chi connectivity index (χ1n) is 12.2. The minimum atomic E-state index is -0.507. The van der Waals surface area contributed by atoms with E-state index in [2.05, 4.69) is 32.6 Å². The fraction of sp³-hybridized carbons (Fsp3) is 0.393. The van der Waals surface area contributed by atoms with E-state index in [1.807, 2.05) is 71.0 Å². The highest BCUT2D eigenvalue weighted by Crippen LogP contribution is 2.33. The number of nitrogens with one attached hydrogen (secondary N) is 2. The molecule has 2 amide bonds. The molecule has 0 aliphatic carbocycles. The van der Waals surface area contributed by atoms with Crippen molar-refractivity contribution in [3.8, 4) is 6.07 Å². The van der Waals surface area contributed by atoms with E-state index in [1.54, 1.807) is 12.1 Å². The lowest BCUT2D eigenvalue weighted by molar-refractivity contribution is -0.123. The maximum Gasteiger partial charge on any atom is 0.248 e. The molecule has 0 radical (unpaired) electrons. The Bertz CT molecular complexity index is 1130. The number of nitriles is 1. The Balaban J connectivity index is 0.00000167. The third-order valence-electron chi connectivity index (χ3n) is 6.07. The fourth-order valence-electron chi connectivity index (χ4n) is 4.18. The van der Waals surface area contributed by atoms with Crippen molar-refractivity contribution >= 4 is 28.9 Å². The van der Waals surface area contributed by atoms with Gasteiger partial charge in [0.25, 0.3) is 0 Å². The lowest BCUT2D eigenvalue weighted by atomic mass is 9.95. The summed E-state index contributed by atoms with van der Waals surface area (Å²) < 4.78 is 0. The summed E-state index contributed by atoms with van der Waals surface area (Å²) in [6, 6.07) is 15.7. The molecule has 2 N–H and O–H groups in total. The number of carbonyl (C=O) groups is 2. The van der Waals surface area contributed by atoms with Crippen LogP contribution in [0.1, 0.15) is 51.8 Å². The molecule has 2 aliphatic heterocycles. The number of anilines is 3. The molecule has 2 aromatic rings. The molecule has 0 spiro atoms. The molecule has 35 heavy (non-hydrogen) atoms. The van der Waals surface area contributed by atoms with E-state index in [4.69, 9.17) is 0 Å². The first-order valence-corrected chi connectivity index (χ1v) is 12.2. The Kier molecular flexibility index (Phi) is 8.31. The van der Waals surface area contributed by atoms with Gasteiger partial charge in [0.2, 0.25) is 11.8 Å². The summed E-state index contributed by atoms with van der Waals surface area (Å²) >= 11 is 0. The van der Waals surface area contributed by atoms with Crippen LogP contribution in [0.25, 0.3) is 0 Å². The third-order valence-corrected chi connectivity index (χ3v) is 6.07. The summed E-state index contributed by atoms with van der Waals surface area (Å²) in [7, 11) is 0. The van der Waals surface area contributed by atoms with Gasteiger partial charge in [-0.05, 0) is 29.8 Å². The molecule has 4 rings (SSSR count). The lowest BCUT2D eigenvalue weighted by Gasteiger charge is -2.40. The SMILES string of the molecule is CC.CC(C)(C)C(=O)Nc1ccc(N2CCN(C3C=CC(=O)Nc4ccccc43)CC2)c(C#N)c1. The van der Waals surface area contributed by atoms with Gasteiger partial charge in [0, 0.05) is 49.0 Å². The molecule has 1 unspecified atom stereocenters. The van der Waals surface area contributed by atoms with Crippen molar-refractivity contribution in [3.63, 3.8) is 0 Å². The number of piperazine rings is 1. The number of benzene rings is 2. The molecule has 2 aromatic carbocycles. The highest BCUT2D eigenvalue weighted by atomic mass is 16.2. The van der Waals surface area contributed by atoms with Gasteiger partial charge in [-0.25, -0.2) is 0 Å². The van der Waals surface area contributed by atoms with Crippen LogP contribution in [0.4, 0.5) is 17.1 Å².